The molecule has 5 nitrogen and oxygen atoms in total. The minimum Gasteiger partial charge on any atom is -0.478 e. The Kier molecular flexibility index (Phi) is 4.76. The maximum Gasteiger partial charge on any atom is 0.337 e. The van der Waals surface area contributed by atoms with E-state index in [1.165, 1.54) is 12.3 Å². The number of carboxylic acids is 1. The molecule has 0 aliphatic rings. The zero-order chi connectivity index (χ0) is 13.1. The summed E-state index contributed by atoms with van der Waals surface area (Å²) in [4.78, 5) is 10.7. The van der Waals surface area contributed by atoms with Gasteiger partial charge in [-0.1, -0.05) is 6.92 Å². The highest BCUT2D eigenvalue weighted by Crippen LogP contribution is 2.16. The van der Waals surface area contributed by atoms with Crippen LogP contribution in [0, 0.1) is 0 Å². The van der Waals surface area contributed by atoms with Crippen molar-refractivity contribution in [3.63, 3.8) is 0 Å². The molecule has 1 heterocycles. The van der Waals surface area contributed by atoms with Crippen LogP contribution in [0.4, 0.5) is 0 Å². The molecule has 0 saturated heterocycles. The fourth-order valence-corrected chi connectivity index (χ4v) is 2.75. The number of nitrogens with zero attached hydrogens (tertiary/aromatic N) is 1. The van der Waals surface area contributed by atoms with Gasteiger partial charge in [0.1, 0.15) is 9.84 Å². The van der Waals surface area contributed by atoms with E-state index in [2.05, 4.69) is 15.9 Å². The Morgan fingerprint density at radius 3 is 2.65 bits per heavy atom. The molecule has 17 heavy (non-hydrogen) atoms. The molecule has 1 aromatic heterocycles. The number of aromatic nitrogens is 1. The van der Waals surface area contributed by atoms with Gasteiger partial charge in [0.2, 0.25) is 0 Å². The van der Waals surface area contributed by atoms with Gasteiger partial charge in [0.15, 0.2) is 0 Å². The van der Waals surface area contributed by atoms with Crippen molar-refractivity contribution in [2.45, 2.75) is 19.9 Å². The maximum absolute atomic E-state index is 11.3. The summed E-state index contributed by atoms with van der Waals surface area (Å²) in [5.74, 6) is -0.734. The number of hydrogen-bond donors (Lipinski definition) is 1. The fraction of sp³-hybridized carbons (Fsp3) is 0.500. The number of rotatable bonds is 6. The number of halogens is 1. The Hall–Kier alpha value is -0.820. The van der Waals surface area contributed by atoms with Gasteiger partial charge in [-0.3, -0.25) is 0 Å². The van der Waals surface area contributed by atoms with Crippen LogP contribution in [-0.4, -0.2) is 35.6 Å². The van der Waals surface area contributed by atoms with Crippen molar-refractivity contribution < 1.29 is 18.3 Å². The fourth-order valence-electron chi connectivity index (χ4n) is 1.37. The molecule has 0 radical (unpaired) electrons. The van der Waals surface area contributed by atoms with Gasteiger partial charge in [-0.05, 0) is 28.4 Å². The van der Waals surface area contributed by atoms with Gasteiger partial charge in [0.05, 0.1) is 15.9 Å². The van der Waals surface area contributed by atoms with Gasteiger partial charge in [0, 0.05) is 18.5 Å². The summed E-state index contributed by atoms with van der Waals surface area (Å²) in [7, 11) is -2.96. The van der Waals surface area contributed by atoms with E-state index in [4.69, 9.17) is 5.11 Å². The molecule has 1 rings (SSSR count). The molecule has 0 aromatic carbocycles. The molecule has 0 spiro atoms. The number of hydrogen-bond acceptors (Lipinski definition) is 3. The Bertz CT molecular complexity index is 506. The third-order valence-corrected chi connectivity index (χ3v) is 4.86. The first-order valence-corrected chi connectivity index (χ1v) is 7.76. The van der Waals surface area contributed by atoms with Gasteiger partial charge in [0.25, 0.3) is 0 Å². The quantitative estimate of drug-likeness (QED) is 0.865. The van der Waals surface area contributed by atoms with E-state index in [-0.39, 0.29) is 17.1 Å². The first kappa shape index (κ1) is 14.2. The molecule has 0 fully saturated rings. The molecule has 0 aliphatic heterocycles. The molecule has 0 atom stereocenters. The number of carbonyl (C=O) groups is 1. The average molecular weight is 324 g/mol. The first-order chi connectivity index (χ1) is 7.85. The zero-order valence-corrected chi connectivity index (χ0v) is 11.8. The van der Waals surface area contributed by atoms with Crippen molar-refractivity contribution >= 4 is 31.7 Å². The summed E-state index contributed by atoms with van der Waals surface area (Å²) >= 11 is 3.23. The molecule has 0 saturated carbocycles. The molecule has 0 aliphatic carbocycles. The van der Waals surface area contributed by atoms with Crippen LogP contribution in [0.5, 0.6) is 0 Å². The summed E-state index contributed by atoms with van der Waals surface area (Å²) < 4.78 is 24.9. The van der Waals surface area contributed by atoms with E-state index in [9.17, 15) is 13.2 Å². The molecule has 7 heteroatoms. The van der Waals surface area contributed by atoms with Crippen molar-refractivity contribution in [2.24, 2.45) is 0 Å². The van der Waals surface area contributed by atoms with Gasteiger partial charge in [-0.2, -0.15) is 0 Å². The smallest absolute Gasteiger partial charge is 0.337 e. The number of aromatic carboxylic acids is 1. The van der Waals surface area contributed by atoms with E-state index < -0.39 is 15.8 Å². The lowest BCUT2D eigenvalue weighted by Gasteiger charge is -2.04. The van der Waals surface area contributed by atoms with Crippen LogP contribution >= 0.6 is 15.9 Å². The first-order valence-electron chi connectivity index (χ1n) is 5.15. The zero-order valence-electron chi connectivity index (χ0n) is 9.39. The summed E-state index contributed by atoms with van der Waals surface area (Å²) in [5.41, 5.74) is 0.190. The predicted octanol–water partition coefficient (Wildman–Crippen LogP) is 1.77. The second-order valence-corrected chi connectivity index (χ2v) is 6.93. The SMILES string of the molecule is CCS(=O)(=O)CCCn1cc(C(=O)O)cc1Br. The van der Waals surface area contributed by atoms with E-state index in [0.29, 0.717) is 17.6 Å². The Balaban J connectivity index is 2.61. The van der Waals surface area contributed by atoms with Crippen LogP contribution in [0.25, 0.3) is 0 Å². The van der Waals surface area contributed by atoms with Crippen molar-refractivity contribution in [2.75, 3.05) is 11.5 Å². The molecule has 96 valence electrons. The lowest BCUT2D eigenvalue weighted by atomic mass is 10.3. The second-order valence-electron chi connectivity index (χ2n) is 3.64. The minimum absolute atomic E-state index is 0.122. The topological polar surface area (TPSA) is 76.4 Å². The molecule has 0 unspecified atom stereocenters. The van der Waals surface area contributed by atoms with E-state index in [1.807, 2.05) is 0 Å². The van der Waals surface area contributed by atoms with Crippen LogP contribution in [0.15, 0.2) is 16.9 Å². The molecular weight excluding hydrogens is 310 g/mol. The van der Waals surface area contributed by atoms with Crippen molar-refractivity contribution in [1.82, 2.24) is 4.57 Å². The highest BCUT2D eigenvalue weighted by molar-refractivity contribution is 9.10. The highest BCUT2D eigenvalue weighted by atomic mass is 79.9. The summed E-state index contributed by atoms with van der Waals surface area (Å²) in [6.45, 7) is 2.09. The summed E-state index contributed by atoms with van der Waals surface area (Å²) in [5, 5.41) is 8.79. The molecule has 1 aromatic rings. The van der Waals surface area contributed by atoms with Crippen LogP contribution in [0.2, 0.25) is 0 Å². The lowest BCUT2D eigenvalue weighted by molar-refractivity contribution is 0.0697. The van der Waals surface area contributed by atoms with Gasteiger partial charge < -0.3 is 9.67 Å². The standard InChI is InChI=1S/C10H14BrNO4S/c1-2-17(15,16)5-3-4-12-7-8(10(13)14)6-9(12)11/h6-7H,2-5H2,1H3,(H,13,14). The summed E-state index contributed by atoms with van der Waals surface area (Å²) in [6.07, 6.45) is 1.97. The Labute approximate surface area is 108 Å². The number of sulfone groups is 1. The average Bonchev–Trinajstić information content (AvgIpc) is 2.60. The number of carboxylic acid groups (broad SMARTS) is 1. The highest BCUT2D eigenvalue weighted by Gasteiger charge is 2.11. The monoisotopic (exact) mass is 323 g/mol. The Morgan fingerprint density at radius 2 is 2.18 bits per heavy atom. The van der Waals surface area contributed by atoms with Crippen LogP contribution < -0.4 is 0 Å². The maximum atomic E-state index is 11.3. The van der Waals surface area contributed by atoms with Gasteiger partial charge >= 0.3 is 5.97 Å². The van der Waals surface area contributed by atoms with Crippen LogP contribution in [-0.2, 0) is 16.4 Å². The third kappa shape index (κ3) is 4.16. The molecule has 0 bridgehead atoms. The molecule has 1 N–H and O–H groups in total. The van der Waals surface area contributed by atoms with Crippen molar-refractivity contribution in [3.8, 4) is 0 Å². The predicted molar refractivity (Wildman–Crippen MR) is 68.0 cm³/mol. The third-order valence-electron chi connectivity index (χ3n) is 2.39. The van der Waals surface area contributed by atoms with Gasteiger partial charge in [-0.15, -0.1) is 0 Å². The van der Waals surface area contributed by atoms with Crippen LogP contribution in [0.1, 0.15) is 23.7 Å². The lowest BCUT2D eigenvalue weighted by Crippen LogP contribution is -2.11. The van der Waals surface area contributed by atoms with Crippen molar-refractivity contribution in [1.29, 1.82) is 0 Å². The van der Waals surface area contributed by atoms with Gasteiger partial charge in [-0.25, -0.2) is 13.2 Å². The van der Waals surface area contributed by atoms with E-state index >= 15 is 0 Å². The molecule has 0 amide bonds. The summed E-state index contributed by atoms with van der Waals surface area (Å²) in [6, 6.07) is 1.50. The second kappa shape index (κ2) is 5.68. The molecular formula is C10H14BrNO4S. The minimum atomic E-state index is -2.96. The Morgan fingerprint density at radius 1 is 1.53 bits per heavy atom. The van der Waals surface area contributed by atoms with E-state index in [0.717, 1.165) is 0 Å². The number of aryl methyl sites for hydroxylation is 1. The van der Waals surface area contributed by atoms with Crippen molar-refractivity contribution in [3.05, 3.63) is 22.4 Å². The van der Waals surface area contributed by atoms with Crippen LogP contribution in [0.3, 0.4) is 0 Å². The largest absolute Gasteiger partial charge is 0.478 e. The van der Waals surface area contributed by atoms with E-state index in [1.54, 1.807) is 11.5 Å². The normalized spacial score (nSPS) is 11.6.